The molecule has 0 spiro atoms. The molecular weight excluding hydrogens is 482 g/mol. The molecule has 0 bridgehead atoms. The fourth-order valence-electron chi connectivity index (χ4n) is 4.54. The van der Waals surface area contributed by atoms with Gasteiger partial charge in [-0.25, -0.2) is 4.98 Å². The van der Waals surface area contributed by atoms with Crippen LogP contribution < -0.4 is 9.46 Å². The Bertz CT molecular complexity index is 1180. The Morgan fingerprint density at radius 3 is 2.58 bits per heavy atom. The van der Waals surface area contributed by atoms with Crippen LogP contribution in [0.25, 0.3) is 0 Å². The number of nitrogens with zero attached hydrogens (tertiary/aromatic N) is 4. The minimum atomic E-state index is -3.91. The van der Waals surface area contributed by atoms with Gasteiger partial charge in [-0.2, -0.15) is 8.42 Å². The van der Waals surface area contributed by atoms with Gasteiger partial charge in [0.15, 0.2) is 5.03 Å². The molecule has 198 valence electrons. The van der Waals surface area contributed by atoms with Crippen molar-refractivity contribution in [3.05, 3.63) is 36.3 Å². The molecule has 3 atom stereocenters. The van der Waals surface area contributed by atoms with Crippen LogP contribution in [-0.2, 0) is 21.8 Å². The monoisotopic (exact) mass is 519 g/mol. The smallest absolute Gasteiger partial charge is 0.280 e. The molecule has 1 aliphatic heterocycles. The summed E-state index contributed by atoms with van der Waals surface area (Å²) >= 11 is 0. The molecule has 0 saturated heterocycles. The highest BCUT2D eigenvalue weighted by Crippen LogP contribution is 2.32. The number of aromatic nitrogens is 2. The zero-order valence-corrected chi connectivity index (χ0v) is 22.5. The number of fused-ring (bicyclic) bond motifs is 1. The quantitative estimate of drug-likeness (QED) is 0.625. The van der Waals surface area contributed by atoms with Gasteiger partial charge in [-0.15, -0.1) is 0 Å². The molecule has 2 heterocycles. The van der Waals surface area contributed by atoms with Crippen LogP contribution >= 0.6 is 0 Å². The van der Waals surface area contributed by atoms with E-state index in [9.17, 15) is 13.2 Å². The van der Waals surface area contributed by atoms with E-state index >= 15 is 0 Å². The summed E-state index contributed by atoms with van der Waals surface area (Å²) in [5.74, 6) is 1.11. The molecule has 1 saturated carbocycles. The molecule has 2 aliphatic rings. The maximum Gasteiger partial charge on any atom is 0.280 e. The lowest BCUT2D eigenvalue weighted by Crippen LogP contribution is -2.47. The molecule has 0 unspecified atom stereocenters. The summed E-state index contributed by atoms with van der Waals surface area (Å²) in [7, 11) is 1.20. The lowest BCUT2D eigenvalue weighted by Gasteiger charge is -2.36. The van der Waals surface area contributed by atoms with E-state index in [0.29, 0.717) is 24.5 Å². The van der Waals surface area contributed by atoms with Gasteiger partial charge in [-0.3, -0.25) is 14.4 Å². The lowest BCUT2D eigenvalue weighted by atomic mass is 10.0. The third kappa shape index (κ3) is 6.19. The maximum absolute atomic E-state index is 13.5. The Morgan fingerprint density at radius 2 is 1.94 bits per heavy atom. The highest BCUT2D eigenvalue weighted by atomic mass is 32.2. The van der Waals surface area contributed by atoms with Crippen LogP contribution in [0.2, 0.25) is 0 Å². The molecule has 36 heavy (non-hydrogen) atoms. The van der Waals surface area contributed by atoms with Crippen molar-refractivity contribution >= 4 is 21.6 Å². The highest BCUT2D eigenvalue weighted by Gasteiger charge is 2.32. The molecule has 1 N–H and O–H groups in total. The van der Waals surface area contributed by atoms with Gasteiger partial charge < -0.3 is 18.9 Å². The van der Waals surface area contributed by atoms with Gasteiger partial charge >= 0.3 is 0 Å². The summed E-state index contributed by atoms with van der Waals surface area (Å²) < 4.78 is 41.6. The van der Waals surface area contributed by atoms with Crippen molar-refractivity contribution in [3.63, 3.8) is 0 Å². The number of methoxy groups -OCH3 is 1. The number of sulfonamides is 1. The van der Waals surface area contributed by atoms with Crippen molar-refractivity contribution in [1.29, 1.82) is 0 Å². The number of hydrogen-bond donors (Lipinski definition) is 1. The molecule has 2 aromatic rings. The molecule has 1 aromatic carbocycles. The zero-order chi connectivity index (χ0) is 26.0. The van der Waals surface area contributed by atoms with Crippen LogP contribution in [0.1, 0.15) is 37.0 Å². The van der Waals surface area contributed by atoms with E-state index in [-0.39, 0.29) is 34.7 Å². The highest BCUT2D eigenvalue weighted by molar-refractivity contribution is 7.92. The molecular formula is C25H37N5O5S. The minimum Gasteiger partial charge on any atom is -0.491 e. The first kappa shape index (κ1) is 26.4. The predicted octanol–water partition coefficient (Wildman–Crippen LogP) is 2.44. The lowest BCUT2D eigenvalue weighted by molar-refractivity contribution is 0.00994. The number of aryl methyl sites for hydroxylation is 1. The molecule has 4 rings (SSSR count). The summed E-state index contributed by atoms with van der Waals surface area (Å²) in [4.78, 5) is 21.5. The number of nitrogens with one attached hydrogen (secondary N) is 1. The van der Waals surface area contributed by atoms with Crippen LogP contribution in [0.5, 0.6) is 5.75 Å². The van der Waals surface area contributed by atoms with Crippen LogP contribution in [0.15, 0.2) is 35.7 Å². The number of rotatable bonds is 6. The first-order valence-corrected chi connectivity index (χ1v) is 13.9. The van der Waals surface area contributed by atoms with Crippen LogP contribution in [0.3, 0.4) is 0 Å². The Kier molecular flexibility index (Phi) is 7.91. The minimum absolute atomic E-state index is 0.0982. The molecule has 1 aliphatic carbocycles. The number of hydrogen-bond acceptors (Lipinski definition) is 7. The van der Waals surface area contributed by atoms with Gasteiger partial charge in [0.25, 0.3) is 15.9 Å². The fourth-order valence-corrected chi connectivity index (χ4v) is 5.57. The van der Waals surface area contributed by atoms with Crippen molar-refractivity contribution in [2.24, 2.45) is 18.9 Å². The van der Waals surface area contributed by atoms with Gasteiger partial charge in [0.05, 0.1) is 18.0 Å². The van der Waals surface area contributed by atoms with Crippen molar-refractivity contribution < 1.29 is 22.7 Å². The first-order valence-electron chi connectivity index (χ1n) is 12.4. The Hall–Kier alpha value is -2.63. The van der Waals surface area contributed by atoms with E-state index < -0.39 is 10.0 Å². The molecule has 1 fully saturated rings. The van der Waals surface area contributed by atoms with E-state index in [1.54, 1.807) is 42.8 Å². The van der Waals surface area contributed by atoms with E-state index in [1.165, 1.54) is 31.4 Å². The fraction of sp³-hybridized carbons (Fsp3) is 0.600. The number of anilines is 1. The van der Waals surface area contributed by atoms with Crippen LogP contribution in [-0.4, -0.2) is 86.2 Å². The number of amides is 1. The average molecular weight is 520 g/mol. The van der Waals surface area contributed by atoms with Gasteiger partial charge in [0.1, 0.15) is 12.4 Å². The van der Waals surface area contributed by atoms with E-state index in [0.717, 1.165) is 19.0 Å². The van der Waals surface area contributed by atoms with Gasteiger partial charge in [0, 0.05) is 58.8 Å². The second-order valence-electron chi connectivity index (χ2n) is 10.2. The van der Waals surface area contributed by atoms with Gasteiger partial charge in [-0.1, -0.05) is 6.92 Å². The average Bonchev–Trinajstić information content (AvgIpc) is 3.55. The van der Waals surface area contributed by atoms with E-state index in [1.807, 2.05) is 0 Å². The SMILES string of the molecule is CO[C@H]1CN(C)C(=O)c2cc(NS(=O)(=O)c3cn(C)cn3)ccc2OC[C@@H](C)N(CC2CC2)C[C@@H]1C. The summed E-state index contributed by atoms with van der Waals surface area (Å²) in [6.45, 7) is 7.02. The van der Waals surface area contributed by atoms with Gasteiger partial charge in [-0.05, 0) is 49.8 Å². The number of benzene rings is 1. The Balaban J connectivity index is 1.64. The van der Waals surface area contributed by atoms with E-state index in [2.05, 4.69) is 28.5 Å². The normalized spacial score (nSPS) is 24.4. The molecule has 1 amide bonds. The topological polar surface area (TPSA) is 106 Å². The summed E-state index contributed by atoms with van der Waals surface area (Å²) in [6.07, 6.45) is 5.23. The summed E-state index contributed by atoms with van der Waals surface area (Å²) in [5.41, 5.74) is 0.555. The van der Waals surface area contributed by atoms with Crippen LogP contribution in [0, 0.1) is 11.8 Å². The van der Waals surface area contributed by atoms with Crippen molar-refractivity contribution in [3.8, 4) is 5.75 Å². The number of imidazole rings is 1. The number of carbonyl (C=O) groups excluding carboxylic acids is 1. The maximum atomic E-state index is 13.5. The van der Waals surface area contributed by atoms with Gasteiger partial charge in [0.2, 0.25) is 0 Å². The standard InChI is InChI=1S/C25H37N5O5S/c1-17-11-30(12-19-6-7-19)18(2)15-35-22-9-8-20(27-36(32,33)24-14-28(3)16-26-24)10-21(22)25(31)29(4)13-23(17)34-5/h8-10,14,16-19,23,27H,6-7,11-13,15H2,1-5H3/t17-,18+,23-/m0/s1. The molecule has 10 nitrogen and oxygen atoms in total. The number of likely N-dealkylation sites (N-methyl/N-ethyl adjacent to an activating group) is 1. The summed E-state index contributed by atoms with van der Waals surface area (Å²) in [6, 6.07) is 4.92. The summed E-state index contributed by atoms with van der Waals surface area (Å²) in [5, 5.41) is -0.0982. The van der Waals surface area contributed by atoms with Crippen molar-refractivity contribution in [2.45, 2.75) is 43.9 Å². The second kappa shape index (κ2) is 10.8. The Labute approximate surface area is 213 Å². The van der Waals surface area contributed by atoms with Crippen molar-refractivity contribution in [2.75, 3.05) is 45.1 Å². The van der Waals surface area contributed by atoms with E-state index in [4.69, 9.17) is 9.47 Å². The molecule has 0 radical (unpaired) electrons. The Morgan fingerprint density at radius 1 is 1.19 bits per heavy atom. The third-order valence-corrected chi connectivity index (χ3v) is 8.24. The largest absolute Gasteiger partial charge is 0.491 e. The number of ether oxygens (including phenoxy) is 2. The zero-order valence-electron chi connectivity index (χ0n) is 21.7. The first-order chi connectivity index (χ1) is 17.1. The van der Waals surface area contributed by atoms with Crippen LogP contribution in [0.4, 0.5) is 5.69 Å². The molecule has 1 aromatic heterocycles. The predicted molar refractivity (Wildman–Crippen MR) is 137 cm³/mol. The van der Waals surface area contributed by atoms with Crippen molar-refractivity contribution in [1.82, 2.24) is 19.4 Å². The third-order valence-electron chi connectivity index (χ3n) is 6.97. The number of carbonyl (C=O) groups is 1. The second-order valence-corrected chi connectivity index (χ2v) is 11.8. The molecule has 11 heteroatoms.